The van der Waals surface area contributed by atoms with Crippen LogP contribution < -0.4 is 0 Å². The Morgan fingerprint density at radius 1 is 1.43 bits per heavy atom. The van der Waals surface area contributed by atoms with Gasteiger partial charge in [0.15, 0.2) is 0 Å². The van der Waals surface area contributed by atoms with Gasteiger partial charge in [-0.3, -0.25) is 0 Å². The van der Waals surface area contributed by atoms with Crippen molar-refractivity contribution in [2.45, 2.75) is 19.4 Å². The van der Waals surface area contributed by atoms with Gasteiger partial charge in [-0.1, -0.05) is 42.5 Å². The van der Waals surface area contributed by atoms with Crippen molar-refractivity contribution in [3.8, 4) is 0 Å². The van der Waals surface area contributed by atoms with E-state index in [4.69, 9.17) is 0 Å². The fourth-order valence-electron chi connectivity index (χ4n) is 2.03. The van der Waals surface area contributed by atoms with Gasteiger partial charge in [-0.25, -0.2) is 0 Å². The molecule has 0 aliphatic heterocycles. The largest absolute Gasteiger partial charge is 0.388 e. The Balaban J connectivity index is 2.05. The molecule has 0 spiro atoms. The molecule has 0 unspecified atom stereocenters. The Morgan fingerprint density at radius 3 is 2.57 bits per heavy atom. The van der Waals surface area contributed by atoms with E-state index in [2.05, 4.69) is 6.58 Å². The highest BCUT2D eigenvalue weighted by Crippen LogP contribution is 2.50. The molecule has 0 bridgehead atoms. The lowest BCUT2D eigenvalue weighted by Crippen LogP contribution is -2.01. The van der Waals surface area contributed by atoms with Crippen LogP contribution in [-0.4, -0.2) is 5.11 Å². The molecule has 1 aliphatic carbocycles. The molecular weight excluding hydrogens is 172 g/mol. The maximum absolute atomic E-state index is 10.0. The van der Waals surface area contributed by atoms with Crippen LogP contribution in [0.3, 0.4) is 0 Å². The van der Waals surface area contributed by atoms with E-state index in [0.717, 1.165) is 12.0 Å². The second-order valence-corrected chi connectivity index (χ2v) is 4.21. The van der Waals surface area contributed by atoms with Crippen molar-refractivity contribution in [1.29, 1.82) is 0 Å². The first-order valence-electron chi connectivity index (χ1n) is 5.08. The minimum absolute atomic E-state index is 0.308. The number of rotatable bonds is 3. The summed E-state index contributed by atoms with van der Waals surface area (Å²) >= 11 is 0. The van der Waals surface area contributed by atoms with Gasteiger partial charge in [0, 0.05) is 0 Å². The number of hydrogen-bond acceptors (Lipinski definition) is 1. The lowest BCUT2D eigenvalue weighted by molar-refractivity contribution is 0.149. The van der Waals surface area contributed by atoms with Crippen LogP contribution in [0, 0.1) is 11.8 Å². The molecule has 14 heavy (non-hydrogen) atoms. The third-order valence-electron chi connectivity index (χ3n) is 3.02. The predicted molar refractivity (Wildman–Crippen MR) is 57.8 cm³/mol. The van der Waals surface area contributed by atoms with E-state index in [9.17, 15) is 5.11 Å². The normalized spacial score (nSPS) is 27.0. The Kier molecular flexibility index (Phi) is 2.42. The standard InChI is InChI=1S/C13H16O/c1-9(2)11-8-12(11)13(14)10-6-4-3-5-7-10/h3-7,11-14H,1,8H2,2H3/t11-,12+,13-/m0/s1. The maximum atomic E-state index is 10.0. The van der Waals surface area contributed by atoms with Crippen molar-refractivity contribution >= 4 is 0 Å². The molecule has 1 heteroatoms. The van der Waals surface area contributed by atoms with Crippen LogP contribution in [-0.2, 0) is 0 Å². The van der Waals surface area contributed by atoms with Gasteiger partial charge in [0.25, 0.3) is 0 Å². The second kappa shape index (κ2) is 3.58. The van der Waals surface area contributed by atoms with E-state index >= 15 is 0 Å². The van der Waals surface area contributed by atoms with Gasteiger partial charge < -0.3 is 5.11 Å². The topological polar surface area (TPSA) is 20.2 Å². The van der Waals surface area contributed by atoms with Gasteiger partial charge in [-0.2, -0.15) is 0 Å². The Bertz CT molecular complexity index is 328. The second-order valence-electron chi connectivity index (χ2n) is 4.21. The number of benzene rings is 1. The molecular formula is C13H16O. The lowest BCUT2D eigenvalue weighted by atomic mass is 10.0. The van der Waals surface area contributed by atoms with Crippen LogP contribution in [0.15, 0.2) is 42.5 Å². The molecule has 3 atom stereocenters. The van der Waals surface area contributed by atoms with E-state index in [0.29, 0.717) is 11.8 Å². The molecule has 0 aromatic heterocycles. The lowest BCUT2D eigenvalue weighted by Gasteiger charge is -2.10. The molecule has 1 saturated carbocycles. The summed E-state index contributed by atoms with van der Waals surface area (Å²) in [6.45, 7) is 5.98. The first kappa shape index (κ1) is 9.47. The third-order valence-corrected chi connectivity index (χ3v) is 3.02. The van der Waals surface area contributed by atoms with E-state index in [1.807, 2.05) is 37.3 Å². The SMILES string of the molecule is C=C(C)[C@@H]1C[C@H]1[C@@H](O)c1ccccc1. The van der Waals surface area contributed by atoms with Crippen LogP contribution in [0.2, 0.25) is 0 Å². The Hall–Kier alpha value is -1.08. The smallest absolute Gasteiger partial charge is 0.0824 e. The van der Waals surface area contributed by atoms with E-state index in [1.54, 1.807) is 0 Å². The van der Waals surface area contributed by atoms with Crippen molar-refractivity contribution in [3.63, 3.8) is 0 Å². The molecule has 0 saturated heterocycles. The van der Waals surface area contributed by atoms with Crippen LogP contribution in [0.4, 0.5) is 0 Å². The van der Waals surface area contributed by atoms with Crippen molar-refractivity contribution in [3.05, 3.63) is 48.0 Å². The van der Waals surface area contributed by atoms with Gasteiger partial charge in [0.05, 0.1) is 6.10 Å². The van der Waals surface area contributed by atoms with Gasteiger partial charge in [0.1, 0.15) is 0 Å². The molecule has 1 fully saturated rings. The number of aliphatic hydroxyl groups excluding tert-OH is 1. The van der Waals surface area contributed by atoms with Crippen molar-refractivity contribution in [2.24, 2.45) is 11.8 Å². The zero-order valence-corrected chi connectivity index (χ0v) is 8.48. The molecule has 0 heterocycles. The first-order valence-corrected chi connectivity index (χ1v) is 5.08. The first-order chi connectivity index (χ1) is 6.70. The van der Waals surface area contributed by atoms with Gasteiger partial charge in [0.2, 0.25) is 0 Å². The van der Waals surface area contributed by atoms with Gasteiger partial charge in [-0.05, 0) is 30.7 Å². The van der Waals surface area contributed by atoms with Crippen LogP contribution in [0.25, 0.3) is 0 Å². The monoisotopic (exact) mass is 188 g/mol. The number of aliphatic hydroxyl groups is 1. The van der Waals surface area contributed by atoms with E-state index in [-0.39, 0.29) is 6.10 Å². The molecule has 1 aromatic rings. The fourth-order valence-corrected chi connectivity index (χ4v) is 2.03. The summed E-state index contributed by atoms with van der Waals surface area (Å²) in [6.07, 6.45) is 0.781. The number of hydrogen-bond donors (Lipinski definition) is 1. The van der Waals surface area contributed by atoms with E-state index < -0.39 is 0 Å². The van der Waals surface area contributed by atoms with E-state index in [1.165, 1.54) is 5.57 Å². The summed E-state index contributed by atoms with van der Waals surface area (Å²) in [6, 6.07) is 9.88. The summed E-state index contributed by atoms with van der Waals surface area (Å²) in [5.41, 5.74) is 2.23. The summed E-state index contributed by atoms with van der Waals surface area (Å²) in [5.74, 6) is 0.931. The molecule has 0 radical (unpaired) electrons. The van der Waals surface area contributed by atoms with Gasteiger partial charge >= 0.3 is 0 Å². The summed E-state index contributed by atoms with van der Waals surface area (Å²) in [4.78, 5) is 0. The summed E-state index contributed by atoms with van der Waals surface area (Å²) in [5, 5.41) is 10.0. The van der Waals surface area contributed by atoms with Crippen LogP contribution >= 0.6 is 0 Å². The Labute approximate surface area is 85.1 Å². The highest BCUT2D eigenvalue weighted by molar-refractivity contribution is 5.22. The predicted octanol–water partition coefficient (Wildman–Crippen LogP) is 2.93. The van der Waals surface area contributed by atoms with Crippen LogP contribution in [0.5, 0.6) is 0 Å². The van der Waals surface area contributed by atoms with Crippen molar-refractivity contribution in [1.82, 2.24) is 0 Å². The quantitative estimate of drug-likeness (QED) is 0.723. The zero-order chi connectivity index (χ0) is 10.1. The van der Waals surface area contributed by atoms with Crippen LogP contribution in [0.1, 0.15) is 25.0 Å². The third kappa shape index (κ3) is 1.73. The average Bonchev–Trinajstić information content (AvgIpc) is 2.97. The molecule has 1 N–H and O–H groups in total. The minimum Gasteiger partial charge on any atom is -0.388 e. The summed E-state index contributed by atoms with van der Waals surface area (Å²) in [7, 11) is 0. The molecule has 0 amide bonds. The molecule has 1 aromatic carbocycles. The zero-order valence-electron chi connectivity index (χ0n) is 8.48. The highest BCUT2D eigenvalue weighted by atomic mass is 16.3. The molecule has 1 aliphatic rings. The highest BCUT2D eigenvalue weighted by Gasteiger charge is 2.42. The van der Waals surface area contributed by atoms with Crippen molar-refractivity contribution < 1.29 is 5.11 Å². The maximum Gasteiger partial charge on any atom is 0.0824 e. The summed E-state index contributed by atoms with van der Waals surface area (Å²) < 4.78 is 0. The molecule has 1 nitrogen and oxygen atoms in total. The average molecular weight is 188 g/mol. The Morgan fingerprint density at radius 2 is 2.07 bits per heavy atom. The fraction of sp³-hybridized carbons (Fsp3) is 0.385. The minimum atomic E-state index is -0.308. The molecule has 74 valence electrons. The number of allylic oxidation sites excluding steroid dienone is 1. The van der Waals surface area contributed by atoms with Crippen molar-refractivity contribution in [2.75, 3.05) is 0 Å². The molecule has 2 rings (SSSR count). The van der Waals surface area contributed by atoms with Gasteiger partial charge in [-0.15, -0.1) is 0 Å².